The number of likely N-dealkylation sites (tertiary alicyclic amines) is 1. The summed E-state index contributed by atoms with van der Waals surface area (Å²) in [6, 6.07) is 21.1. The van der Waals surface area contributed by atoms with Crippen molar-refractivity contribution in [2.24, 2.45) is 0 Å². The Labute approximate surface area is 214 Å². The number of Topliss-reactive ketones (excluding diaryl/α,β-unsaturated/α-hetero) is 1. The Morgan fingerprint density at radius 1 is 0.973 bits per heavy atom. The molecule has 1 amide bonds. The van der Waals surface area contributed by atoms with E-state index in [-0.39, 0.29) is 24.5 Å². The minimum Gasteiger partial charge on any atom is -0.507 e. The molecule has 0 saturated carbocycles. The van der Waals surface area contributed by atoms with Gasteiger partial charge in [0.05, 0.1) is 18.2 Å². The first-order valence-electron chi connectivity index (χ1n) is 12.0. The van der Waals surface area contributed by atoms with Gasteiger partial charge in [-0.25, -0.2) is 0 Å². The number of ether oxygens (including phenoxy) is 4. The number of hydrogen-bond acceptors (Lipinski definition) is 7. The van der Waals surface area contributed by atoms with E-state index in [0.717, 1.165) is 5.56 Å². The Morgan fingerprint density at radius 3 is 2.54 bits per heavy atom. The molecule has 8 nitrogen and oxygen atoms in total. The average molecular weight is 502 g/mol. The van der Waals surface area contributed by atoms with Crippen LogP contribution in [0.4, 0.5) is 0 Å². The number of ketones is 1. The van der Waals surface area contributed by atoms with Crippen LogP contribution in [0, 0.1) is 0 Å². The third-order valence-electron chi connectivity index (χ3n) is 6.31. The number of aliphatic hydroxyl groups excluding tert-OH is 1. The van der Waals surface area contributed by atoms with Crippen LogP contribution in [0.25, 0.3) is 5.76 Å². The van der Waals surface area contributed by atoms with Gasteiger partial charge < -0.3 is 29.0 Å². The van der Waals surface area contributed by atoms with Crippen molar-refractivity contribution in [3.05, 3.63) is 95.1 Å². The SMILES string of the molecule is COCCN1C(=O)C(=O)/C(=C(/O)c2ccc3c(c2)OCCO3)[C@@H]1c1cccc(OCc2ccccc2)c1. The lowest BCUT2D eigenvalue weighted by Gasteiger charge is -2.25. The summed E-state index contributed by atoms with van der Waals surface area (Å²) in [5.41, 5.74) is 2.01. The monoisotopic (exact) mass is 501 g/mol. The highest BCUT2D eigenvalue weighted by molar-refractivity contribution is 6.46. The molecular weight excluding hydrogens is 474 g/mol. The van der Waals surface area contributed by atoms with Gasteiger partial charge in [-0.3, -0.25) is 9.59 Å². The highest BCUT2D eigenvalue weighted by atomic mass is 16.6. The maximum Gasteiger partial charge on any atom is 0.295 e. The number of benzene rings is 3. The molecule has 2 aliphatic heterocycles. The zero-order valence-corrected chi connectivity index (χ0v) is 20.4. The van der Waals surface area contributed by atoms with Crippen LogP contribution in [-0.4, -0.2) is 55.2 Å². The van der Waals surface area contributed by atoms with Crippen LogP contribution in [0.1, 0.15) is 22.7 Å². The molecule has 2 heterocycles. The minimum atomic E-state index is -0.816. The van der Waals surface area contributed by atoms with Crippen LogP contribution < -0.4 is 14.2 Å². The normalized spacial score (nSPS) is 18.2. The number of methoxy groups -OCH3 is 1. The maximum absolute atomic E-state index is 13.2. The van der Waals surface area contributed by atoms with Gasteiger partial charge in [0.1, 0.15) is 31.3 Å². The summed E-state index contributed by atoms with van der Waals surface area (Å²) < 4.78 is 22.4. The highest BCUT2D eigenvalue weighted by Gasteiger charge is 2.46. The van der Waals surface area contributed by atoms with Crippen LogP contribution in [0.3, 0.4) is 0 Å². The van der Waals surface area contributed by atoms with Crippen molar-refractivity contribution < 1.29 is 33.6 Å². The number of hydrogen-bond donors (Lipinski definition) is 1. The fraction of sp³-hybridized carbons (Fsp3) is 0.241. The fourth-order valence-corrected chi connectivity index (χ4v) is 4.51. The highest BCUT2D eigenvalue weighted by Crippen LogP contribution is 2.41. The lowest BCUT2D eigenvalue weighted by atomic mass is 9.95. The van der Waals surface area contributed by atoms with Crippen LogP contribution in [0.5, 0.6) is 17.2 Å². The molecule has 0 bridgehead atoms. The average Bonchev–Trinajstić information content (AvgIpc) is 3.20. The van der Waals surface area contributed by atoms with Gasteiger partial charge in [-0.2, -0.15) is 0 Å². The molecule has 8 heteroatoms. The molecular formula is C29H27NO7. The predicted molar refractivity (Wildman–Crippen MR) is 136 cm³/mol. The molecule has 3 aromatic carbocycles. The second-order valence-electron chi connectivity index (χ2n) is 8.69. The van der Waals surface area contributed by atoms with Crippen LogP contribution >= 0.6 is 0 Å². The lowest BCUT2D eigenvalue weighted by molar-refractivity contribution is -0.140. The summed E-state index contributed by atoms with van der Waals surface area (Å²) in [6.07, 6.45) is 0. The zero-order chi connectivity index (χ0) is 25.8. The van der Waals surface area contributed by atoms with E-state index in [4.69, 9.17) is 18.9 Å². The molecule has 37 heavy (non-hydrogen) atoms. The largest absolute Gasteiger partial charge is 0.507 e. The smallest absolute Gasteiger partial charge is 0.295 e. The first kappa shape index (κ1) is 24.4. The van der Waals surface area contributed by atoms with E-state index in [0.29, 0.717) is 48.2 Å². The third-order valence-corrected chi connectivity index (χ3v) is 6.31. The van der Waals surface area contributed by atoms with Crippen LogP contribution in [0.2, 0.25) is 0 Å². The first-order chi connectivity index (χ1) is 18.1. The third kappa shape index (κ3) is 5.01. The van der Waals surface area contributed by atoms with Gasteiger partial charge in [0, 0.05) is 19.2 Å². The van der Waals surface area contributed by atoms with Crippen LogP contribution in [0.15, 0.2) is 78.4 Å². The van der Waals surface area contributed by atoms with Gasteiger partial charge in [-0.05, 0) is 41.5 Å². The fourth-order valence-electron chi connectivity index (χ4n) is 4.51. The van der Waals surface area contributed by atoms with E-state index >= 15 is 0 Å². The lowest BCUT2D eigenvalue weighted by Crippen LogP contribution is -2.32. The molecule has 1 saturated heterocycles. The molecule has 1 N–H and O–H groups in total. The van der Waals surface area contributed by atoms with Gasteiger partial charge in [0.2, 0.25) is 0 Å². The summed E-state index contributed by atoms with van der Waals surface area (Å²) in [4.78, 5) is 27.7. The second-order valence-corrected chi connectivity index (χ2v) is 8.69. The van der Waals surface area contributed by atoms with Gasteiger partial charge >= 0.3 is 0 Å². The van der Waals surface area contributed by atoms with Crippen LogP contribution in [-0.2, 0) is 20.9 Å². The van der Waals surface area contributed by atoms with Crippen molar-refractivity contribution in [2.45, 2.75) is 12.6 Å². The van der Waals surface area contributed by atoms with E-state index in [2.05, 4.69) is 0 Å². The van der Waals surface area contributed by atoms with Crippen molar-refractivity contribution in [2.75, 3.05) is 33.5 Å². The number of nitrogens with zero attached hydrogens (tertiary/aromatic N) is 1. The Balaban J connectivity index is 1.53. The van der Waals surface area contributed by atoms with Crippen molar-refractivity contribution in [3.8, 4) is 17.2 Å². The van der Waals surface area contributed by atoms with Crippen molar-refractivity contribution >= 4 is 17.4 Å². The number of carbonyl (C=O) groups excluding carboxylic acids is 2. The number of rotatable bonds is 8. The van der Waals surface area contributed by atoms with E-state index in [9.17, 15) is 14.7 Å². The molecule has 0 aromatic heterocycles. The van der Waals surface area contributed by atoms with E-state index in [1.54, 1.807) is 30.3 Å². The second kappa shape index (κ2) is 10.8. The zero-order valence-electron chi connectivity index (χ0n) is 20.4. The Bertz CT molecular complexity index is 1340. The molecule has 3 aromatic rings. The van der Waals surface area contributed by atoms with Crippen molar-refractivity contribution in [3.63, 3.8) is 0 Å². The first-order valence-corrected chi connectivity index (χ1v) is 12.0. The molecule has 0 unspecified atom stereocenters. The molecule has 1 atom stereocenters. The molecule has 0 aliphatic carbocycles. The summed E-state index contributed by atoms with van der Waals surface area (Å²) in [7, 11) is 1.53. The van der Waals surface area contributed by atoms with Gasteiger partial charge in [-0.15, -0.1) is 0 Å². The molecule has 190 valence electrons. The van der Waals surface area contributed by atoms with Gasteiger partial charge in [-0.1, -0.05) is 42.5 Å². The standard InChI is InChI=1S/C29H27NO7/c1-34-13-12-30-26(20-8-5-9-22(16-20)37-18-19-6-3-2-4-7-19)25(28(32)29(30)33)27(31)21-10-11-23-24(17-21)36-15-14-35-23/h2-11,16-17,26,31H,12-15,18H2,1H3/b27-25+/t26-/m0/s1. The quantitative estimate of drug-likeness (QED) is 0.282. The number of carbonyl (C=O) groups is 2. The van der Waals surface area contributed by atoms with E-state index in [1.807, 2.05) is 42.5 Å². The van der Waals surface area contributed by atoms with Crippen molar-refractivity contribution in [1.82, 2.24) is 4.90 Å². The number of aliphatic hydroxyl groups is 1. The molecule has 5 rings (SSSR count). The van der Waals surface area contributed by atoms with Crippen molar-refractivity contribution in [1.29, 1.82) is 0 Å². The Kier molecular flexibility index (Phi) is 7.09. The summed E-state index contributed by atoms with van der Waals surface area (Å²) >= 11 is 0. The van der Waals surface area contributed by atoms with E-state index < -0.39 is 17.7 Å². The molecule has 0 radical (unpaired) electrons. The topological polar surface area (TPSA) is 94.5 Å². The molecule has 1 fully saturated rings. The molecule has 0 spiro atoms. The Hall–Kier alpha value is -4.30. The summed E-state index contributed by atoms with van der Waals surface area (Å²) in [5.74, 6) is -0.130. The van der Waals surface area contributed by atoms with Gasteiger partial charge in [0.25, 0.3) is 11.7 Å². The summed E-state index contributed by atoms with van der Waals surface area (Å²) in [5, 5.41) is 11.3. The summed E-state index contributed by atoms with van der Waals surface area (Å²) in [6.45, 7) is 1.60. The van der Waals surface area contributed by atoms with E-state index in [1.165, 1.54) is 12.0 Å². The minimum absolute atomic E-state index is 0.00186. The maximum atomic E-state index is 13.2. The van der Waals surface area contributed by atoms with Gasteiger partial charge in [0.15, 0.2) is 11.5 Å². The predicted octanol–water partition coefficient (Wildman–Crippen LogP) is 4.10. The number of fused-ring (bicyclic) bond motifs is 1. The number of amides is 1. The Morgan fingerprint density at radius 2 is 1.76 bits per heavy atom. The molecule has 2 aliphatic rings.